The summed E-state index contributed by atoms with van der Waals surface area (Å²) >= 11 is 3.37. The van der Waals surface area contributed by atoms with Gasteiger partial charge in [0.1, 0.15) is 6.54 Å². The molecular formula is C11H12BrN3O. The molecule has 4 nitrogen and oxygen atoms in total. The molecule has 0 aliphatic heterocycles. The van der Waals surface area contributed by atoms with Crippen LogP contribution in [0.25, 0.3) is 0 Å². The van der Waals surface area contributed by atoms with Crippen molar-refractivity contribution in [2.75, 3.05) is 13.1 Å². The Kier molecular flexibility index (Phi) is 5.54. The average Bonchev–Trinajstić information content (AvgIpc) is 2.26. The van der Waals surface area contributed by atoms with Gasteiger partial charge in [0, 0.05) is 11.0 Å². The van der Waals surface area contributed by atoms with Gasteiger partial charge in [-0.25, -0.2) is 0 Å². The Morgan fingerprint density at radius 2 is 2.31 bits per heavy atom. The number of rotatable bonds is 5. The van der Waals surface area contributed by atoms with Crippen LogP contribution in [0.15, 0.2) is 28.7 Å². The van der Waals surface area contributed by atoms with E-state index in [0.717, 1.165) is 10.0 Å². The summed E-state index contributed by atoms with van der Waals surface area (Å²) in [5.74, 6) is -0.170. The molecule has 0 unspecified atom stereocenters. The SMILES string of the molecule is N#CCNC(=O)CNCc1cccc(Br)c1. The second-order valence-corrected chi connectivity index (χ2v) is 4.08. The first kappa shape index (κ1) is 12.7. The molecule has 1 rings (SSSR count). The number of halogens is 1. The highest BCUT2D eigenvalue weighted by Crippen LogP contribution is 2.10. The van der Waals surface area contributed by atoms with Crippen LogP contribution in [0.1, 0.15) is 5.56 Å². The number of nitriles is 1. The van der Waals surface area contributed by atoms with E-state index in [1.165, 1.54) is 0 Å². The summed E-state index contributed by atoms with van der Waals surface area (Å²) in [7, 11) is 0. The monoisotopic (exact) mass is 281 g/mol. The van der Waals surface area contributed by atoms with E-state index in [1.807, 2.05) is 30.3 Å². The number of benzene rings is 1. The number of carbonyl (C=O) groups is 1. The van der Waals surface area contributed by atoms with Crippen molar-refractivity contribution in [1.82, 2.24) is 10.6 Å². The molecule has 5 heteroatoms. The first-order chi connectivity index (χ1) is 7.72. The van der Waals surface area contributed by atoms with Crippen molar-refractivity contribution in [3.05, 3.63) is 34.3 Å². The molecule has 1 aromatic rings. The molecule has 0 aliphatic rings. The van der Waals surface area contributed by atoms with Gasteiger partial charge >= 0.3 is 0 Å². The van der Waals surface area contributed by atoms with Gasteiger partial charge in [-0.1, -0.05) is 28.1 Å². The van der Waals surface area contributed by atoms with Crippen LogP contribution in [-0.2, 0) is 11.3 Å². The summed E-state index contributed by atoms with van der Waals surface area (Å²) in [5, 5.41) is 13.7. The van der Waals surface area contributed by atoms with Gasteiger partial charge in [-0.3, -0.25) is 4.79 Å². The molecular weight excluding hydrogens is 270 g/mol. The minimum absolute atomic E-state index is 0.0530. The van der Waals surface area contributed by atoms with Crippen LogP contribution in [0, 0.1) is 11.3 Å². The van der Waals surface area contributed by atoms with Crippen molar-refractivity contribution < 1.29 is 4.79 Å². The van der Waals surface area contributed by atoms with Crippen LogP contribution in [0.2, 0.25) is 0 Å². The summed E-state index contributed by atoms with van der Waals surface area (Å²) in [5.41, 5.74) is 1.10. The van der Waals surface area contributed by atoms with E-state index in [2.05, 4.69) is 26.6 Å². The molecule has 0 saturated carbocycles. The number of nitrogens with zero attached hydrogens (tertiary/aromatic N) is 1. The Balaban J connectivity index is 2.26. The fourth-order valence-electron chi connectivity index (χ4n) is 1.17. The minimum atomic E-state index is -0.170. The predicted octanol–water partition coefficient (Wildman–Crippen LogP) is 1.18. The van der Waals surface area contributed by atoms with Crippen LogP contribution in [0.3, 0.4) is 0 Å². The molecule has 0 aromatic heterocycles. The van der Waals surface area contributed by atoms with E-state index in [4.69, 9.17) is 5.26 Å². The highest BCUT2D eigenvalue weighted by atomic mass is 79.9. The lowest BCUT2D eigenvalue weighted by molar-refractivity contribution is -0.120. The lowest BCUT2D eigenvalue weighted by Gasteiger charge is -2.04. The standard InChI is InChI=1S/C11H12BrN3O/c12-10-3-1-2-9(6-10)7-14-8-11(16)15-5-4-13/h1-3,6,14H,5,7-8H2,(H,15,16). The smallest absolute Gasteiger partial charge is 0.234 e. The molecule has 84 valence electrons. The highest BCUT2D eigenvalue weighted by molar-refractivity contribution is 9.10. The van der Waals surface area contributed by atoms with Crippen LogP contribution < -0.4 is 10.6 Å². The van der Waals surface area contributed by atoms with Gasteiger partial charge in [0.2, 0.25) is 5.91 Å². The van der Waals surface area contributed by atoms with Crippen molar-refractivity contribution in [2.24, 2.45) is 0 Å². The predicted molar refractivity (Wildman–Crippen MR) is 64.5 cm³/mol. The van der Waals surface area contributed by atoms with Crippen LogP contribution in [0.5, 0.6) is 0 Å². The molecule has 1 amide bonds. The Hall–Kier alpha value is -1.38. The van der Waals surface area contributed by atoms with E-state index >= 15 is 0 Å². The van der Waals surface area contributed by atoms with Crippen molar-refractivity contribution in [2.45, 2.75) is 6.54 Å². The third kappa shape index (κ3) is 4.91. The highest BCUT2D eigenvalue weighted by Gasteiger charge is 1.99. The Morgan fingerprint density at radius 1 is 1.50 bits per heavy atom. The van der Waals surface area contributed by atoms with Crippen molar-refractivity contribution in [1.29, 1.82) is 5.26 Å². The number of hydrogen-bond acceptors (Lipinski definition) is 3. The number of amides is 1. The van der Waals surface area contributed by atoms with Crippen molar-refractivity contribution in [3.63, 3.8) is 0 Å². The molecule has 0 radical (unpaired) electrons. The van der Waals surface area contributed by atoms with Gasteiger partial charge < -0.3 is 10.6 Å². The van der Waals surface area contributed by atoms with Crippen LogP contribution >= 0.6 is 15.9 Å². The molecule has 0 aliphatic carbocycles. The lowest BCUT2D eigenvalue weighted by Crippen LogP contribution is -2.33. The Labute approximate surface area is 103 Å². The van der Waals surface area contributed by atoms with Gasteiger partial charge in [-0.15, -0.1) is 0 Å². The maximum absolute atomic E-state index is 11.1. The first-order valence-corrected chi connectivity index (χ1v) is 5.60. The molecule has 0 heterocycles. The molecule has 0 fully saturated rings. The van der Waals surface area contributed by atoms with Gasteiger partial charge in [-0.2, -0.15) is 5.26 Å². The molecule has 0 bridgehead atoms. The summed E-state index contributed by atoms with van der Waals surface area (Å²) in [6, 6.07) is 9.70. The zero-order chi connectivity index (χ0) is 11.8. The number of hydrogen-bond donors (Lipinski definition) is 2. The maximum Gasteiger partial charge on any atom is 0.234 e. The van der Waals surface area contributed by atoms with Gasteiger partial charge in [0.25, 0.3) is 0 Å². The average molecular weight is 282 g/mol. The van der Waals surface area contributed by atoms with Gasteiger partial charge in [0.15, 0.2) is 0 Å². The summed E-state index contributed by atoms with van der Waals surface area (Å²) in [4.78, 5) is 11.1. The molecule has 1 aromatic carbocycles. The number of carbonyl (C=O) groups excluding carboxylic acids is 1. The van der Waals surface area contributed by atoms with Crippen molar-refractivity contribution in [3.8, 4) is 6.07 Å². The van der Waals surface area contributed by atoms with Crippen molar-refractivity contribution >= 4 is 21.8 Å². The van der Waals surface area contributed by atoms with E-state index in [-0.39, 0.29) is 19.0 Å². The second-order valence-electron chi connectivity index (χ2n) is 3.17. The lowest BCUT2D eigenvalue weighted by atomic mass is 10.2. The van der Waals surface area contributed by atoms with E-state index in [9.17, 15) is 4.79 Å². The minimum Gasteiger partial charge on any atom is -0.342 e. The molecule has 0 saturated heterocycles. The topological polar surface area (TPSA) is 64.9 Å². The molecule has 0 spiro atoms. The zero-order valence-corrected chi connectivity index (χ0v) is 10.3. The Bertz CT molecular complexity index is 400. The van der Waals surface area contributed by atoms with E-state index in [0.29, 0.717) is 6.54 Å². The van der Waals surface area contributed by atoms with Gasteiger partial charge in [0.05, 0.1) is 12.6 Å². The molecule has 0 atom stereocenters. The van der Waals surface area contributed by atoms with E-state index < -0.39 is 0 Å². The third-order valence-electron chi connectivity index (χ3n) is 1.87. The van der Waals surface area contributed by atoms with E-state index in [1.54, 1.807) is 0 Å². The largest absolute Gasteiger partial charge is 0.342 e. The summed E-state index contributed by atoms with van der Waals surface area (Å²) in [6.07, 6.45) is 0. The molecule has 16 heavy (non-hydrogen) atoms. The van der Waals surface area contributed by atoms with Gasteiger partial charge in [-0.05, 0) is 17.7 Å². The maximum atomic E-state index is 11.1. The number of nitrogens with one attached hydrogen (secondary N) is 2. The first-order valence-electron chi connectivity index (χ1n) is 4.81. The fraction of sp³-hybridized carbons (Fsp3) is 0.273. The second kappa shape index (κ2) is 6.99. The Morgan fingerprint density at radius 3 is 3.00 bits per heavy atom. The third-order valence-corrected chi connectivity index (χ3v) is 2.36. The molecule has 2 N–H and O–H groups in total. The normalized spacial score (nSPS) is 9.50. The fourth-order valence-corrected chi connectivity index (χ4v) is 1.61. The van der Waals surface area contributed by atoms with Crippen LogP contribution in [-0.4, -0.2) is 19.0 Å². The summed E-state index contributed by atoms with van der Waals surface area (Å²) < 4.78 is 1.01. The summed E-state index contributed by atoms with van der Waals surface area (Å²) in [6.45, 7) is 0.894. The quantitative estimate of drug-likeness (QED) is 0.797. The zero-order valence-electron chi connectivity index (χ0n) is 8.66. The van der Waals surface area contributed by atoms with Crippen LogP contribution in [0.4, 0.5) is 0 Å².